The van der Waals surface area contributed by atoms with Gasteiger partial charge < -0.3 is 15.4 Å². The second kappa shape index (κ2) is 6.12. The highest BCUT2D eigenvalue weighted by Gasteiger charge is 2.24. The van der Waals surface area contributed by atoms with Crippen molar-refractivity contribution in [3.05, 3.63) is 59.2 Å². The van der Waals surface area contributed by atoms with Crippen LogP contribution in [-0.4, -0.2) is 25.5 Å². The maximum absolute atomic E-state index is 12.9. The maximum Gasteiger partial charge on any atom is 0.337 e. The number of methoxy groups -OCH3 is 1. The summed E-state index contributed by atoms with van der Waals surface area (Å²) in [5.74, 6) is -0.667. The number of para-hydroxylation sites is 1. The first-order chi connectivity index (χ1) is 11.1. The molecule has 1 amide bonds. The minimum absolute atomic E-state index is 0.158. The van der Waals surface area contributed by atoms with Crippen molar-refractivity contribution >= 4 is 23.3 Å². The molecule has 1 aliphatic heterocycles. The number of hydrogen-bond acceptors (Lipinski definition) is 4. The summed E-state index contributed by atoms with van der Waals surface area (Å²) in [4.78, 5) is 26.4. The number of nitrogen functional groups attached to an aromatic ring is 1. The van der Waals surface area contributed by atoms with Gasteiger partial charge in [0.15, 0.2) is 0 Å². The molecule has 0 bridgehead atoms. The first-order valence-electron chi connectivity index (χ1n) is 7.49. The highest BCUT2D eigenvalue weighted by Crippen LogP contribution is 2.28. The summed E-state index contributed by atoms with van der Waals surface area (Å²) in [6, 6.07) is 12.5. The van der Waals surface area contributed by atoms with Gasteiger partial charge in [0.25, 0.3) is 5.91 Å². The van der Waals surface area contributed by atoms with E-state index in [4.69, 9.17) is 10.5 Å². The van der Waals surface area contributed by atoms with Crippen LogP contribution in [0.2, 0.25) is 0 Å². The highest BCUT2D eigenvalue weighted by atomic mass is 16.5. The lowest BCUT2D eigenvalue weighted by Gasteiger charge is -2.29. The molecule has 0 saturated heterocycles. The molecule has 0 spiro atoms. The number of fused-ring (bicyclic) bond motifs is 1. The molecule has 0 radical (unpaired) electrons. The van der Waals surface area contributed by atoms with Gasteiger partial charge in [0.05, 0.1) is 12.7 Å². The standard InChI is InChI=1S/C18H18N2O3/c1-23-18(22)14-9-13(10-15(19)11-14)17(21)20-8-4-6-12-5-2-3-7-16(12)20/h2-3,5,7,9-11H,4,6,8,19H2,1H3. The Hall–Kier alpha value is -2.82. The summed E-state index contributed by atoms with van der Waals surface area (Å²) in [7, 11) is 1.30. The Morgan fingerprint density at radius 1 is 1.13 bits per heavy atom. The number of esters is 1. The van der Waals surface area contributed by atoms with Gasteiger partial charge in [-0.25, -0.2) is 4.79 Å². The summed E-state index contributed by atoms with van der Waals surface area (Å²) < 4.78 is 4.71. The molecule has 2 aromatic rings. The number of anilines is 2. The van der Waals surface area contributed by atoms with Crippen molar-refractivity contribution in [3.63, 3.8) is 0 Å². The van der Waals surface area contributed by atoms with Crippen LogP contribution >= 0.6 is 0 Å². The van der Waals surface area contributed by atoms with E-state index in [1.54, 1.807) is 11.0 Å². The smallest absolute Gasteiger partial charge is 0.337 e. The zero-order valence-electron chi connectivity index (χ0n) is 12.9. The van der Waals surface area contributed by atoms with Crippen LogP contribution in [0.5, 0.6) is 0 Å². The third kappa shape index (κ3) is 2.90. The van der Waals surface area contributed by atoms with Crippen molar-refractivity contribution < 1.29 is 14.3 Å². The topological polar surface area (TPSA) is 72.6 Å². The molecule has 23 heavy (non-hydrogen) atoms. The van der Waals surface area contributed by atoms with Crippen molar-refractivity contribution in [1.29, 1.82) is 0 Å². The molecule has 118 valence electrons. The summed E-state index contributed by atoms with van der Waals surface area (Å²) in [6.45, 7) is 0.651. The van der Waals surface area contributed by atoms with Gasteiger partial charge in [-0.05, 0) is 42.7 Å². The molecule has 2 aromatic carbocycles. The normalized spacial score (nSPS) is 13.3. The van der Waals surface area contributed by atoms with Gasteiger partial charge in [-0.3, -0.25) is 4.79 Å². The number of aryl methyl sites for hydroxylation is 1. The van der Waals surface area contributed by atoms with E-state index in [-0.39, 0.29) is 11.5 Å². The molecule has 0 fully saturated rings. The zero-order chi connectivity index (χ0) is 16.4. The van der Waals surface area contributed by atoms with Gasteiger partial charge >= 0.3 is 5.97 Å². The maximum atomic E-state index is 12.9. The van der Waals surface area contributed by atoms with Gasteiger partial charge in [-0.1, -0.05) is 18.2 Å². The van der Waals surface area contributed by atoms with E-state index in [1.165, 1.54) is 19.2 Å². The second-order valence-electron chi connectivity index (χ2n) is 5.52. The molecule has 1 aliphatic rings. The fraction of sp³-hybridized carbons (Fsp3) is 0.222. The van der Waals surface area contributed by atoms with E-state index in [9.17, 15) is 9.59 Å². The number of ether oxygens (including phenoxy) is 1. The van der Waals surface area contributed by atoms with E-state index in [1.807, 2.05) is 24.3 Å². The van der Waals surface area contributed by atoms with Crippen molar-refractivity contribution in [2.24, 2.45) is 0 Å². The van der Waals surface area contributed by atoms with Gasteiger partial charge in [0.1, 0.15) is 0 Å². The molecule has 2 N–H and O–H groups in total. The Kier molecular flexibility index (Phi) is 4.02. The van der Waals surface area contributed by atoms with Crippen LogP contribution < -0.4 is 10.6 Å². The van der Waals surface area contributed by atoms with E-state index in [2.05, 4.69) is 0 Å². The van der Waals surface area contributed by atoms with Crippen LogP contribution in [0, 0.1) is 0 Å². The van der Waals surface area contributed by atoms with Crippen molar-refractivity contribution in [2.75, 3.05) is 24.3 Å². The van der Waals surface area contributed by atoms with E-state index in [0.29, 0.717) is 17.8 Å². The Balaban J connectivity index is 1.99. The largest absolute Gasteiger partial charge is 0.465 e. The summed E-state index contributed by atoms with van der Waals surface area (Å²) in [6.07, 6.45) is 1.87. The number of rotatable bonds is 2. The minimum atomic E-state index is -0.509. The molecule has 1 heterocycles. The van der Waals surface area contributed by atoms with E-state index >= 15 is 0 Å². The van der Waals surface area contributed by atoms with Crippen molar-refractivity contribution in [2.45, 2.75) is 12.8 Å². The Morgan fingerprint density at radius 2 is 1.87 bits per heavy atom. The Morgan fingerprint density at radius 3 is 2.65 bits per heavy atom. The number of nitrogens with zero attached hydrogens (tertiary/aromatic N) is 1. The molecule has 5 heteroatoms. The number of benzene rings is 2. The third-order valence-electron chi connectivity index (χ3n) is 3.98. The number of amides is 1. The molecule has 0 aromatic heterocycles. The van der Waals surface area contributed by atoms with Gasteiger partial charge in [-0.2, -0.15) is 0 Å². The van der Waals surface area contributed by atoms with Crippen LogP contribution in [0.4, 0.5) is 11.4 Å². The van der Waals surface area contributed by atoms with E-state index < -0.39 is 5.97 Å². The molecule has 5 nitrogen and oxygen atoms in total. The molecule has 0 unspecified atom stereocenters. The first kappa shape index (κ1) is 15.1. The fourth-order valence-electron chi connectivity index (χ4n) is 2.91. The molecular weight excluding hydrogens is 292 g/mol. The second-order valence-corrected chi connectivity index (χ2v) is 5.52. The molecule has 0 aliphatic carbocycles. The third-order valence-corrected chi connectivity index (χ3v) is 3.98. The van der Waals surface area contributed by atoms with Crippen LogP contribution in [0.25, 0.3) is 0 Å². The number of carbonyl (C=O) groups is 2. The summed E-state index contributed by atoms with van der Waals surface area (Å²) in [5.41, 5.74) is 8.95. The average Bonchev–Trinajstić information content (AvgIpc) is 2.59. The van der Waals surface area contributed by atoms with Crippen LogP contribution in [0.1, 0.15) is 32.7 Å². The monoisotopic (exact) mass is 310 g/mol. The fourth-order valence-corrected chi connectivity index (χ4v) is 2.91. The van der Waals surface area contributed by atoms with Gasteiger partial charge in [0.2, 0.25) is 0 Å². The quantitative estimate of drug-likeness (QED) is 0.683. The minimum Gasteiger partial charge on any atom is -0.465 e. The van der Waals surface area contributed by atoms with Gasteiger partial charge in [0, 0.05) is 23.5 Å². The average molecular weight is 310 g/mol. The molecular formula is C18H18N2O3. The van der Waals surface area contributed by atoms with E-state index in [0.717, 1.165) is 24.1 Å². The highest BCUT2D eigenvalue weighted by molar-refractivity contribution is 6.08. The summed E-state index contributed by atoms with van der Waals surface area (Å²) in [5, 5.41) is 0. The summed E-state index contributed by atoms with van der Waals surface area (Å²) >= 11 is 0. The van der Waals surface area contributed by atoms with Crippen LogP contribution in [0.3, 0.4) is 0 Å². The van der Waals surface area contributed by atoms with Crippen LogP contribution in [0.15, 0.2) is 42.5 Å². The Bertz CT molecular complexity index is 771. The lowest BCUT2D eigenvalue weighted by molar-refractivity contribution is 0.0601. The number of carbonyl (C=O) groups excluding carboxylic acids is 2. The van der Waals surface area contributed by atoms with Crippen molar-refractivity contribution in [1.82, 2.24) is 0 Å². The SMILES string of the molecule is COC(=O)c1cc(N)cc(C(=O)N2CCCc3ccccc32)c1. The number of hydrogen-bond donors (Lipinski definition) is 1. The Labute approximate surface area is 134 Å². The molecule has 3 rings (SSSR count). The lowest BCUT2D eigenvalue weighted by Crippen LogP contribution is -2.35. The lowest BCUT2D eigenvalue weighted by atomic mass is 10.00. The zero-order valence-corrected chi connectivity index (χ0v) is 12.9. The van der Waals surface area contributed by atoms with Crippen LogP contribution in [-0.2, 0) is 11.2 Å². The predicted molar refractivity (Wildman–Crippen MR) is 88.6 cm³/mol. The first-order valence-corrected chi connectivity index (χ1v) is 7.49. The van der Waals surface area contributed by atoms with Gasteiger partial charge in [-0.15, -0.1) is 0 Å². The predicted octanol–water partition coefficient (Wildman–Crippen LogP) is 2.65. The molecule has 0 saturated carbocycles. The molecule has 0 atom stereocenters. The van der Waals surface area contributed by atoms with Crippen molar-refractivity contribution in [3.8, 4) is 0 Å². The number of nitrogens with two attached hydrogens (primary N) is 1.